The maximum atomic E-state index is 10.7. The molecule has 0 aliphatic carbocycles. The predicted molar refractivity (Wildman–Crippen MR) is 119 cm³/mol. The molecule has 4 rings (SSSR count). The van der Waals surface area contributed by atoms with Crippen molar-refractivity contribution in [3.8, 4) is 28.5 Å². The van der Waals surface area contributed by atoms with Gasteiger partial charge < -0.3 is 15.5 Å². The molecule has 0 radical (unpaired) electrons. The molecule has 7 heteroatoms. The van der Waals surface area contributed by atoms with Crippen LogP contribution < -0.4 is 5.32 Å². The van der Waals surface area contributed by atoms with Crippen LogP contribution in [0.4, 0.5) is 11.6 Å². The van der Waals surface area contributed by atoms with E-state index in [2.05, 4.69) is 20.3 Å². The van der Waals surface area contributed by atoms with E-state index in [0.29, 0.717) is 17.6 Å². The molecular weight excluding hydrogens is 392 g/mol. The molecule has 0 bridgehead atoms. The third-order valence-electron chi connectivity index (χ3n) is 4.38. The molecule has 0 atom stereocenters. The van der Waals surface area contributed by atoms with Crippen LogP contribution in [0.1, 0.15) is 5.56 Å². The van der Waals surface area contributed by atoms with Crippen molar-refractivity contribution in [2.45, 2.75) is 0 Å². The summed E-state index contributed by atoms with van der Waals surface area (Å²) in [5.74, 6) is 0.518. The monoisotopic (exact) mass is 410 g/mol. The van der Waals surface area contributed by atoms with Gasteiger partial charge in [-0.15, -0.1) is 0 Å². The maximum absolute atomic E-state index is 10.7. The van der Waals surface area contributed by atoms with Gasteiger partial charge in [-0.2, -0.15) is 9.97 Å². The molecule has 152 valence electrons. The van der Waals surface area contributed by atoms with E-state index in [1.54, 1.807) is 36.4 Å². The van der Waals surface area contributed by atoms with Crippen LogP contribution in [0, 0.1) is 0 Å². The Morgan fingerprint density at radius 2 is 1.39 bits per heavy atom. The molecule has 4 aromatic rings. The number of hydrogen-bond acceptors (Lipinski definition) is 6. The van der Waals surface area contributed by atoms with Crippen molar-refractivity contribution in [2.24, 2.45) is 0 Å². The number of carbonyl (C=O) groups is 1. The SMILES string of the molecule is O=C(O)/C=C/c1ccc(Nc2nc(-c3ccccc3)nc(-c3ccc(O)cc3)n2)cc1. The average Bonchev–Trinajstić information content (AvgIpc) is 2.79. The lowest BCUT2D eigenvalue weighted by Gasteiger charge is -2.10. The van der Waals surface area contributed by atoms with Gasteiger partial charge in [0.05, 0.1) is 0 Å². The summed E-state index contributed by atoms with van der Waals surface area (Å²) >= 11 is 0. The first-order valence-electron chi connectivity index (χ1n) is 9.46. The number of nitrogens with one attached hydrogen (secondary N) is 1. The Bertz CT molecular complexity index is 1220. The molecule has 0 unspecified atom stereocenters. The van der Waals surface area contributed by atoms with Gasteiger partial charge in [-0.3, -0.25) is 0 Å². The molecule has 0 fully saturated rings. The highest BCUT2D eigenvalue weighted by molar-refractivity contribution is 5.85. The van der Waals surface area contributed by atoms with E-state index >= 15 is 0 Å². The standard InChI is InChI=1S/C24H18N4O3/c29-20-13-9-18(10-14-20)23-26-22(17-4-2-1-3-5-17)27-24(28-23)25-19-11-6-16(7-12-19)8-15-21(30)31/h1-15,29H,(H,30,31)(H,25,26,27,28)/b15-8+. The zero-order valence-electron chi connectivity index (χ0n) is 16.3. The summed E-state index contributed by atoms with van der Waals surface area (Å²) in [5, 5.41) is 21.5. The third-order valence-corrected chi connectivity index (χ3v) is 4.38. The summed E-state index contributed by atoms with van der Waals surface area (Å²) in [6.45, 7) is 0. The van der Waals surface area contributed by atoms with Gasteiger partial charge in [0, 0.05) is 22.9 Å². The first-order chi connectivity index (χ1) is 15.1. The summed E-state index contributed by atoms with van der Waals surface area (Å²) in [7, 11) is 0. The first kappa shape index (κ1) is 19.8. The molecular formula is C24H18N4O3. The number of carboxylic acids is 1. The number of rotatable bonds is 6. The minimum Gasteiger partial charge on any atom is -0.508 e. The predicted octanol–water partition coefficient (Wildman–Crippen LogP) is 4.75. The fourth-order valence-corrected chi connectivity index (χ4v) is 2.86. The molecule has 0 spiro atoms. The van der Waals surface area contributed by atoms with Gasteiger partial charge >= 0.3 is 5.97 Å². The van der Waals surface area contributed by atoms with Crippen molar-refractivity contribution >= 4 is 23.7 Å². The molecule has 0 aliphatic rings. The second-order valence-corrected chi connectivity index (χ2v) is 6.64. The minimum atomic E-state index is -0.998. The van der Waals surface area contributed by atoms with Gasteiger partial charge in [0.1, 0.15) is 5.75 Å². The number of benzene rings is 3. The van der Waals surface area contributed by atoms with Crippen molar-refractivity contribution in [2.75, 3.05) is 5.32 Å². The number of aromatic nitrogens is 3. The zero-order chi connectivity index (χ0) is 21.6. The number of aromatic hydroxyl groups is 1. The molecule has 0 saturated heterocycles. The van der Waals surface area contributed by atoms with Crippen LogP contribution in [0.15, 0.2) is 84.9 Å². The van der Waals surface area contributed by atoms with E-state index < -0.39 is 5.97 Å². The molecule has 1 heterocycles. The van der Waals surface area contributed by atoms with Gasteiger partial charge in [0.25, 0.3) is 0 Å². The smallest absolute Gasteiger partial charge is 0.328 e. The van der Waals surface area contributed by atoms with Crippen LogP contribution >= 0.6 is 0 Å². The molecule has 31 heavy (non-hydrogen) atoms. The van der Waals surface area contributed by atoms with Crippen LogP contribution in [0.5, 0.6) is 5.75 Å². The number of hydrogen-bond donors (Lipinski definition) is 3. The topological polar surface area (TPSA) is 108 Å². The highest BCUT2D eigenvalue weighted by atomic mass is 16.4. The van der Waals surface area contributed by atoms with Crippen molar-refractivity contribution in [1.29, 1.82) is 0 Å². The Hall–Kier alpha value is -4.52. The van der Waals surface area contributed by atoms with E-state index in [4.69, 9.17) is 5.11 Å². The van der Waals surface area contributed by atoms with Gasteiger partial charge in [0.15, 0.2) is 11.6 Å². The fourth-order valence-electron chi connectivity index (χ4n) is 2.86. The molecule has 0 saturated carbocycles. The van der Waals surface area contributed by atoms with Gasteiger partial charge in [-0.1, -0.05) is 42.5 Å². The summed E-state index contributed by atoms with van der Waals surface area (Å²) in [6, 6.07) is 23.4. The summed E-state index contributed by atoms with van der Waals surface area (Å²) in [5.41, 5.74) is 3.10. The second-order valence-electron chi connectivity index (χ2n) is 6.64. The molecule has 7 nitrogen and oxygen atoms in total. The number of phenolic OH excluding ortho intramolecular Hbond substituents is 1. The van der Waals surface area contributed by atoms with Crippen molar-refractivity contribution in [3.05, 3.63) is 90.5 Å². The normalized spacial score (nSPS) is 10.8. The van der Waals surface area contributed by atoms with Crippen LogP contribution in [-0.4, -0.2) is 31.1 Å². The van der Waals surface area contributed by atoms with E-state index in [9.17, 15) is 9.90 Å². The minimum absolute atomic E-state index is 0.163. The number of carboxylic acid groups (broad SMARTS) is 1. The van der Waals surface area contributed by atoms with E-state index in [1.165, 1.54) is 6.08 Å². The van der Waals surface area contributed by atoms with Gasteiger partial charge in [-0.05, 0) is 48.0 Å². The Balaban J connectivity index is 1.68. The van der Waals surface area contributed by atoms with E-state index in [0.717, 1.165) is 28.5 Å². The highest BCUT2D eigenvalue weighted by Crippen LogP contribution is 2.24. The van der Waals surface area contributed by atoms with Gasteiger partial charge in [0.2, 0.25) is 5.95 Å². The Labute approximate surface area is 178 Å². The number of nitrogens with zero attached hydrogens (tertiary/aromatic N) is 3. The van der Waals surface area contributed by atoms with Crippen LogP contribution in [0.3, 0.4) is 0 Å². The summed E-state index contributed by atoms with van der Waals surface area (Å²) in [4.78, 5) is 24.3. The average molecular weight is 410 g/mol. The van der Waals surface area contributed by atoms with Crippen molar-refractivity contribution in [3.63, 3.8) is 0 Å². The van der Waals surface area contributed by atoms with Crippen LogP contribution in [-0.2, 0) is 4.79 Å². The lowest BCUT2D eigenvalue weighted by molar-refractivity contribution is -0.131. The Kier molecular flexibility index (Phi) is 5.66. The van der Waals surface area contributed by atoms with Crippen LogP contribution in [0.2, 0.25) is 0 Å². The highest BCUT2D eigenvalue weighted by Gasteiger charge is 2.11. The Morgan fingerprint density at radius 3 is 2.00 bits per heavy atom. The molecule has 1 aromatic heterocycles. The fraction of sp³-hybridized carbons (Fsp3) is 0. The molecule has 0 amide bonds. The lowest BCUT2D eigenvalue weighted by Crippen LogP contribution is -2.03. The van der Waals surface area contributed by atoms with Gasteiger partial charge in [-0.25, -0.2) is 9.78 Å². The lowest BCUT2D eigenvalue weighted by atomic mass is 10.2. The quantitative estimate of drug-likeness (QED) is 0.394. The third kappa shape index (κ3) is 5.10. The van der Waals surface area contributed by atoms with Crippen LogP contribution in [0.25, 0.3) is 28.9 Å². The number of phenols is 1. The first-order valence-corrected chi connectivity index (χ1v) is 9.46. The van der Waals surface area contributed by atoms with Crippen molar-refractivity contribution in [1.82, 2.24) is 15.0 Å². The van der Waals surface area contributed by atoms with E-state index in [1.807, 2.05) is 42.5 Å². The molecule has 3 N–H and O–H groups in total. The molecule has 0 aliphatic heterocycles. The van der Waals surface area contributed by atoms with E-state index in [-0.39, 0.29) is 5.75 Å². The number of anilines is 2. The summed E-state index contributed by atoms with van der Waals surface area (Å²) in [6.07, 6.45) is 2.61. The number of aliphatic carboxylic acids is 1. The summed E-state index contributed by atoms with van der Waals surface area (Å²) < 4.78 is 0. The second kappa shape index (κ2) is 8.87. The Morgan fingerprint density at radius 1 is 0.774 bits per heavy atom. The van der Waals surface area contributed by atoms with Crippen molar-refractivity contribution < 1.29 is 15.0 Å². The largest absolute Gasteiger partial charge is 0.508 e. The maximum Gasteiger partial charge on any atom is 0.328 e. The molecule has 3 aromatic carbocycles. The zero-order valence-corrected chi connectivity index (χ0v) is 16.3.